The Labute approximate surface area is 134 Å². The van der Waals surface area contributed by atoms with Gasteiger partial charge in [0.2, 0.25) is 21.8 Å². The lowest BCUT2D eigenvalue weighted by Gasteiger charge is -2.05. The minimum atomic E-state index is -3.67. The number of hydrogen-bond donors (Lipinski definition) is 1. The van der Waals surface area contributed by atoms with Gasteiger partial charge < -0.3 is 9.47 Å². The maximum absolute atomic E-state index is 12.4. The first kappa shape index (κ1) is 14.4. The summed E-state index contributed by atoms with van der Waals surface area (Å²) in [4.78, 5) is 0.737. The molecular formula is C12H11N5O4S2. The summed E-state index contributed by atoms with van der Waals surface area (Å²) < 4.78 is 39.2. The molecule has 0 atom stereocenters. The molecule has 0 saturated heterocycles. The molecule has 0 radical (unpaired) electrons. The number of nitrogens with zero attached hydrogens (tertiary/aromatic N) is 4. The Hall–Kier alpha value is -2.24. The molecule has 120 valence electrons. The van der Waals surface area contributed by atoms with E-state index < -0.39 is 10.0 Å². The summed E-state index contributed by atoms with van der Waals surface area (Å²) in [5.74, 6) is 1.61. The summed E-state index contributed by atoms with van der Waals surface area (Å²) >= 11 is 1.28. The van der Waals surface area contributed by atoms with Crippen molar-refractivity contribution < 1.29 is 17.9 Å². The molecule has 0 aliphatic carbocycles. The van der Waals surface area contributed by atoms with Crippen LogP contribution in [0.25, 0.3) is 4.96 Å². The third-order valence-corrected chi connectivity index (χ3v) is 5.55. The molecule has 4 rings (SSSR count). The van der Waals surface area contributed by atoms with Gasteiger partial charge >= 0.3 is 0 Å². The Balaban J connectivity index is 1.55. The molecule has 0 saturated carbocycles. The summed E-state index contributed by atoms with van der Waals surface area (Å²) in [5, 5.41) is 12.7. The van der Waals surface area contributed by atoms with Crippen LogP contribution in [0.1, 0.15) is 10.8 Å². The van der Waals surface area contributed by atoms with E-state index in [2.05, 4.69) is 20.0 Å². The summed E-state index contributed by atoms with van der Waals surface area (Å²) in [6, 6.07) is 4.48. The zero-order valence-corrected chi connectivity index (χ0v) is 13.5. The average molecular weight is 353 g/mol. The molecule has 1 aliphatic rings. The van der Waals surface area contributed by atoms with Crippen LogP contribution in [0.4, 0.5) is 0 Å². The Morgan fingerprint density at radius 2 is 2.13 bits per heavy atom. The number of aromatic nitrogens is 4. The molecule has 0 spiro atoms. The SMILES string of the molecule is Cc1nnc2sc(CNS(=O)(=O)c3ccc4c(c3)OCO4)nn12. The van der Waals surface area contributed by atoms with E-state index in [1.54, 1.807) is 17.5 Å². The highest BCUT2D eigenvalue weighted by molar-refractivity contribution is 7.89. The second-order valence-corrected chi connectivity index (χ2v) is 7.58. The number of aryl methyl sites for hydroxylation is 1. The third kappa shape index (κ3) is 2.52. The average Bonchev–Trinajstić information content (AvgIpc) is 3.22. The topological polar surface area (TPSA) is 108 Å². The van der Waals surface area contributed by atoms with Crippen LogP contribution in [0.3, 0.4) is 0 Å². The summed E-state index contributed by atoms with van der Waals surface area (Å²) in [7, 11) is -3.67. The fourth-order valence-electron chi connectivity index (χ4n) is 2.11. The molecule has 0 unspecified atom stereocenters. The van der Waals surface area contributed by atoms with Crippen molar-refractivity contribution in [3.63, 3.8) is 0 Å². The Morgan fingerprint density at radius 1 is 1.30 bits per heavy atom. The number of rotatable bonds is 4. The number of ether oxygens (including phenoxy) is 2. The van der Waals surface area contributed by atoms with Gasteiger partial charge in [-0.25, -0.2) is 13.1 Å². The van der Waals surface area contributed by atoms with Crippen LogP contribution in [-0.4, -0.2) is 35.0 Å². The molecule has 23 heavy (non-hydrogen) atoms. The predicted molar refractivity (Wildman–Crippen MR) is 80.0 cm³/mol. The zero-order chi connectivity index (χ0) is 16.0. The predicted octanol–water partition coefficient (Wildman–Crippen LogP) is 0.701. The second-order valence-electron chi connectivity index (χ2n) is 4.78. The normalized spacial score (nSPS) is 13.8. The maximum Gasteiger partial charge on any atom is 0.241 e. The molecule has 0 bridgehead atoms. The van der Waals surface area contributed by atoms with Gasteiger partial charge in [-0.3, -0.25) is 0 Å². The third-order valence-electron chi connectivity index (χ3n) is 3.26. The van der Waals surface area contributed by atoms with Crippen molar-refractivity contribution in [2.24, 2.45) is 0 Å². The molecule has 1 aromatic carbocycles. The van der Waals surface area contributed by atoms with Crippen molar-refractivity contribution >= 4 is 26.3 Å². The number of fused-ring (bicyclic) bond motifs is 2. The van der Waals surface area contributed by atoms with Crippen molar-refractivity contribution in [1.82, 2.24) is 24.5 Å². The number of sulfonamides is 1. The summed E-state index contributed by atoms with van der Waals surface area (Å²) in [6.45, 7) is 1.95. The molecular weight excluding hydrogens is 342 g/mol. The Morgan fingerprint density at radius 3 is 2.96 bits per heavy atom. The van der Waals surface area contributed by atoms with Gasteiger partial charge in [0.05, 0.1) is 11.4 Å². The molecule has 2 aromatic heterocycles. The molecule has 3 heterocycles. The Kier molecular flexibility index (Phi) is 3.21. The molecule has 1 N–H and O–H groups in total. The zero-order valence-electron chi connectivity index (χ0n) is 11.9. The van der Waals surface area contributed by atoms with E-state index in [4.69, 9.17) is 9.47 Å². The van der Waals surface area contributed by atoms with Gasteiger partial charge in [0.1, 0.15) is 5.01 Å². The molecule has 0 fully saturated rings. The lowest BCUT2D eigenvalue weighted by Crippen LogP contribution is -2.23. The lowest BCUT2D eigenvalue weighted by atomic mass is 10.3. The van der Waals surface area contributed by atoms with Gasteiger partial charge in [-0.1, -0.05) is 11.3 Å². The van der Waals surface area contributed by atoms with E-state index in [-0.39, 0.29) is 18.2 Å². The maximum atomic E-state index is 12.4. The minimum Gasteiger partial charge on any atom is -0.454 e. The van der Waals surface area contributed by atoms with Gasteiger partial charge in [0.25, 0.3) is 0 Å². The van der Waals surface area contributed by atoms with Crippen molar-refractivity contribution in [3.8, 4) is 11.5 Å². The van der Waals surface area contributed by atoms with Crippen molar-refractivity contribution in [2.45, 2.75) is 18.4 Å². The highest BCUT2D eigenvalue weighted by Crippen LogP contribution is 2.33. The van der Waals surface area contributed by atoms with Gasteiger partial charge in [0, 0.05) is 6.07 Å². The van der Waals surface area contributed by atoms with Crippen LogP contribution in [0, 0.1) is 6.92 Å². The first-order valence-electron chi connectivity index (χ1n) is 6.60. The minimum absolute atomic E-state index is 0.0737. The van der Waals surface area contributed by atoms with Gasteiger partial charge in [-0.05, 0) is 19.1 Å². The van der Waals surface area contributed by atoms with Crippen LogP contribution in [0.15, 0.2) is 23.1 Å². The van der Waals surface area contributed by atoms with Gasteiger partial charge in [-0.2, -0.15) is 9.61 Å². The standard InChI is InChI=1S/C12H11N5O4S2/c1-7-14-15-12-17(7)16-11(22-12)5-13-23(18,19)8-2-3-9-10(4-8)21-6-20-9/h2-4,13H,5-6H2,1H3. The quantitative estimate of drug-likeness (QED) is 0.735. The first-order chi connectivity index (χ1) is 11.0. The van der Waals surface area contributed by atoms with Crippen LogP contribution in [0.5, 0.6) is 11.5 Å². The van der Waals surface area contributed by atoms with Crippen LogP contribution >= 0.6 is 11.3 Å². The molecule has 9 nitrogen and oxygen atoms in total. The highest BCUT2D eigenvalue weighted by Gasteiger charge is 2.20. The lowest BCUT2D eigenvalue weighted by molar-refractivity contribution is 0.174. The first-order valence-corrected chi connectivity index (χ1v) is 8.90. The van der Waals surface area contributed by atoms with E-state index in [1.807, 2.05) is 0 Å². The molecule has 11 heteroatoms. The number of benzene rings is 1. The van der Waals surface area contributed by atoms with Gasteiger partial charge in [-0.15, -0.1) is 10.2 Å². The number of nitrogens with one attached hydrogen (secondary N) is 1. The summed E-state index contributed by atoms with van der Waals surface area (Å²) in [6.07, 6.45) is 0. The number of hydrogen-bond acceptors (Lipinski definition) is 8. The molecule has 3 aromatic rings. The van der Waals surface area contributed by atoms with Gasteiger partial charge in [0.15, 0.2) is 17.3 Å². The van der Waals surface area contributed by atoms with E-state index in [0.717, 1.165) is 0 Å². The van der Waals surface area contributed by atoms with E-state index in [0.29, 0.717) is 27.3 Å². The highest BCUT2D eigenvalue weighted by atomic mass is 32.2. The molecule has 0 amide bonds. The second kappa shape index (κ2) is 5.15. The van der Waals surface area contributed by atoms with Crippen LogP contribution in [-0.2, 0) is 16.6 Å². The van der Waals surface area contributed by atoms with Crippen molar-refractivity contribution in [1.29, 1.82) is 0 Å². The Bertz CT molecular complexity index is 994. The largest absolute Gasteiger partial charge is 0.454 e. The van der Waals surface area contributed by atoms with E-state index in [9.17, 15) is 8.42 Å². The summed E-state index contributed by atoms with van der Waals surface area (Å²) in [5.41, 5.74) is 0. The van der Waals surface area contributed by atoms with E-state index >= 15 is 0 Å². The van der Waals surface area contributed by atoms with E-state index in [1.165, 1.54) is 23.5 Å². The fourth-order valence-corrected chi connectivity index (χ4v) is 4.02. The van der Waals surface area contributed by atoms with Crippen LogP contribution < -0.4 is 14.2 Å². The van der Waals surface area contributed by atoms with Crippen LogP contribution in [0.2, 0.25) is 0 Å². The van der Waals surface area contributed by atoms with Crippen molar-refractivity contribution in [3.05, 3.63) is 29.0 Å². The molecule has 1 aliphatic heterocycles. The fraction of sp³-hybridized carbons (Fsp3) is 0.250. The smallest absolute Gasteiger partial charge is 0.241 e. The monoisotopic (exact) mass is 353 g/mol. The van der Waals surface area contributed by atoms with Crippen molar-refractivity contribution in [2.75, 3.05) is 6.79 Å².